The monoisotopic (exact) mass is 450 g/mol. The molecule has 0 fully saturated rings. The van der Waals surface area contributed by atoms with Gasteiger partial charge < -0.3 is 9.84 Å². The Labute approximate surface area is 176 Å². The summed E-state index contributed by atoms with van der Waals surface area (Å²) in [5.41, 5.74) is 0.401. The highest BCUT2D eigenvalue weighted by Gasteiger charge is 2.22. The predicted molar refractivity (Wildman–Crippen MR) is 109 cm³/mol. The van der Waals surface area contributed by atoms with E-state index in [-0.39, 0.29) is 41.1 Å². The lowest BCUT2D eigenvalue weighted by molar-refractivity contribution is -0.384. The zero-order chi connectivity index (χ0) is 21.7. The van der Waals surface area contributed by atoms with Crippen LogP contribution in [0.15, 0.2) is 59.8 Å². The molecule has 12 heteroatoms. The number of nitrogens with one attached hydrogen (secondary N) is 1. The molecule has 0 aliphatic heterocycles. The third-order valence-electron chi connectivity index (χ3n) is 3.86. The van der Waals surface area contributed by atoms with E-state index in [0.717, 1.165) is 6.33 Å². The number of non-ortho nitro benzene ring substituents is 1. The lowest BCUT2D eigenvalue weighted by atomic mass is 10.1. The van der Waals surface area contributed by atoms with Gasteiger partial charge in [0, 0.05) is 17.2 Å². The number of hydrogen-bond donors (Lipinski definition) is 2. The fourth-order valence-electron chi connectivity index (χ4n) is 2.51. The van der Waals surface area contributed by atoms with E-state index in [2.05, 4.69) is 14.7 Å². The van der Waals surface area contributed by atoms with Gasteiger partial charge in [0.2, 0.25) is 5.88 Å². The summed E-state index contributed by atoms with van der Waals surface area (Å²) < 4.78 is 33.3. The van der Waals surface area contributed by atoms with E-state index >= 15 is 0 Å². The minimum absolute atomic E-state index is 0.00158. The Bertz CT molecular complexity index is 1150. The molecule has 0 spiro atoms. The Hall–Kier alpha value is -3.28. The van der Waals surface area contributed by atoms with Crippen molar-refractivity contribution in [2.24, 2.45) is 0 Å². The number of nitro benzene ring substituents is 1. The van der Waals surface area contributed by atoms with E-state index in [4.69, 9.17) is 21.4 Å². The van der Waals surface area contributed by atoms with Gasteiger partial charge in [0.05, 0.1) is 22.0 Å². The maximum absolute atomic E-state index is 12.8. The molecule has 0 saturated carbocycles. The maximum atomic E-state index is 12.8. The number of hydrogen-bond acceptors (Lipinski definition) is 8. The van der Waals surface area contributed by atoms with Crippen LogP contribution in [0.25, 0.3) is 11.1 Å². The second-order valence-corrected chi connectivity index (χ2v) is 7.96. The predicted octanol–water partition coefficient (Wildman–Crippen LogP) is 2.88. The molecule has 0 aliphatic carbocycles. The van der Waals surface area contributed by atoms with Crippen LogP contribution in [-0.2, 0) is 10.0 Å². The zero-order valence-corrected chi connectivity index (χ0v) is 16.8. The molecule has 0 bridgehead atoms. The van der Waals surface area contributed by atoms with Crippen molar-refractivity contribution in [3.05, 3.63) is 70.0 Å². The lowest BCUT2D eigenvalue weighted by Crippen LogP contribution is -2.15. The first-order chi connectivity index (χ1) is 14.3. The first kappa shape index (κ1) is 21.4. The highest BCUT2D eigenvalue weighted by atomic mass is 35.5. The molecule has 2 N–H and O–H groups in total. The summed E-state index contributed by atoms with van der Waals surface area (Å²) in [6.07, 6.45) is 1.10. The number of anilines is 1. The van der Waals surface area contributed by atoms with E-state index in [1.165, 1.54) is 48.5 Å². The molecule has 0 amide bonds. The number of aromatic nitrogens is 2. The van der Waals surface area contributed by atoms with Crippen LogP contribution >= 0.6 is 11.6 Å². The van der Waals surface area contributed by atoms with E-state index in [1.54, 1.807) is 0 Å². The summed E-state index contributed by atoms with van der Waals surface area (Å²) in [6.45, 7) is -0.393. The molecule has 30 heavy (non-hydrogen) atoms. The smallest absolute Gasteiger partial charge is 0.269 e. The molecule has 156 valence electrons. The molecule has 3 rings (SSSR count). The number of ether oxygens (including phenoxy) is 1. The highest BCUT2D eigenvalue weighted by molar-refractivity contribution is 7.92. The van der Waals surface area contributed by atoms with Crippen molar-refractivity contribution in [2.45, 2.75) is 4.90 Å². The quantitative estimate of drug-likeness (QED) is 0.393. The number of benzene rings is 2. The average Bonchev–Trinajstić information content (AvgIpc) is 2.72. The van der Waals surface area contributed by atoms with Gasteiger partial charge in [0.15, 0.2) is 5.82 Å². The molecule has 2 aromatic carbocycles. The Balaban J connectivity index is 2.07. The molecule has 0 radical (unpaired) electrons. The van der Waals surface area contributed by atoms with E-state index < -0.39 is 14.9 Å². The van der Waals surface area contributed by atoms with Crippen molar-refractivity contribution < 1.29 is 23.2 Å². The van der Waals surface area contributed by atoms with E-state index in [9.17, 15) is 18.5 Å². The minimum Gasteiger partial charge on any atom is -0.475 e. The van der Waals surface area contributed by atoms with Gasteiger partial charge >= 0.3 is 0 Å². The SMILES string of the molecule is O=[N+]([O-])c1ccc(-c2c(NS(=O)(=O)c3ccc(Cl)cc3)ncnc2OCCO)cc1. The molecule has 0 atom stereocenters. The number of aliphatic hydroxyl groups excluding tert-OH is 1. The largest absolute Gasteiger partial charge is 0.475 e. The van der Waals surface area contributed by atoms with Crippen molar-refractivity contribution >= 4 is 33.1 Å². The van der Waals surface area contributed by atoms with Crippen molar-refractivity contribution in [1.29, 1.82) is 0 Å². The maximum Gasteiger partial charge on any atom is 0.269 e. The zero-order valence-electron chi connectivity index (χ0n) is 15.2. The number of nitrogens with zero attached hydrogens (tertiary/aromatic N) is 3. The topological polar surface area (TPSA) is 145 Å². The van der Waals surface area contributed by atoms with Crippen LogP contribution in [0.5, 0.6) is 5.88 Å². The molecule has 0 unspecified atom stereocenters. The molecule has 10 nitrogen and oxygen atoms in total. The van der Waals surface area contributed by atoms with Gasteiger partial charge in [0.25, 0.3) is 15.7 Å². The van der Waals surface area contributed by atoms with E-state index in [1.807, 2.05) is 0 Å². The first-order valence-electron chi connectivity index (χ1n) is 8.43. The van der Waals surface area contributed by atoms with E-state index in [0.29, 0.717) is 10.6 Å². The van der Waals surface area contributed by atoms with Gasteiger partial charge in [0.1, 0.15) is 12.9 Å². The third-order valence-corrected chi connectivity index (χ3v) is 5.47. The summed E-state index contributed by atoms with van der Waals surface area (Å²) in [5, 5.41) is 20.3. The number of rotatable bonds is 8. The van der Waals surface area contributed by atoms with Gasteiger partial charge in [-0.1, -0.05) is 11.6 Å². The van der Waals surface area contributed by atoms with Crippen LogP contribution in [0, 0.1) is 10.1 Å². The van der Waals surface area contributed by atoms with Gasteiger partial charge in [-0.3, -0.25) is 14.8 Å². The summed E-state index contributed by atoms with van der Waals surface area (Å²) in [5.74, 6) is -0.0940. The van der Waals surface area contributed by atoms with Crippen LogP contribution in [0.3, 0.4) is 0 Å². The standard InChI is InChI=1S/C18H15ClN4O6S/c19-13-3-7-15(8-4-13)30(27,28)22-17-16(18(21-11-20-17)29-10-9-24)12-1-5-14(6-2-12)23(25)26/h1-8,11,24H,9-10H2,(H,20,21,22). The van der Waals surface area contributed by atoms with Crippen molar-refractivity contribution in [3.8, 4) is 17.0 Å². The van der Waals surface area contributed by atoms with Crippen LogP contribution in [-0.4, -0.2) is 41.6 Å². The van der Waals surface area contributed by atoms with Crippen molar-refractivity contribution in [2.75, 3.05) is 17.9 Å². The second kappa shape index (κ2) is 9.03. The number of halogens is 1. The first-order valence-corrected chi connectivity index (χ1v) is 10.3. The molecule has 0 saturated heterocycles. The van der Waals surface area contributed by atoms with Crippen LogP contribution in [0.1, 0.15) is 0 Å². The molecule has 0 aliphatic rings. The molecular weight excluding hydrogens is 436 g/mol. The molecule has 1 aromatic heterocycles. The molecule has 3 aromatic rings. The number of sulfonamides is 1. The molecule has 1 heterocycles. The van der Waals surface area contributed by atoms with Gasteiger partial charge in [-0.2, -0.15) is 0 Å². The lowest BCUT2D eigenvalue weighted by Gasteiger charge is -2.15. The average molecular weight is 451 g/mol. The number of nitro groups is 1. The normalized spacial score (nSPS) is 11.1. The minimum atomic E-state index is -4.03. The summed E-state index contributed by atoms with van der Waals surface area (Å²) in [6, 6.07) is 10.9. The van der Waals surface area contributed by atoms with Crippen molar-refractivity contribution in [1.82, 2.24) is 9.97 Å². The van der Waals surface area contributed by atoms with Gasteiger partial charge in [-0.25, -0.2) is 18.4 Å². The number of aliphatic hydroxyl groups is 1. The Kier molecular flexibility index (Phi) is 6.45. The fraction of sp³-hybridized carbons (Fsp3) is 0.111. The van der Waals surface area contributed by atoms with Crippen LogP contribution < -0.4 is 9.46 Å². The van der Waals surface area contributed by atoms with Crippen molar-refractivity contribution in [3.63, 3.8) is 0 Å². The third kappa shape index (κ3) is 4.82. The summed E-state index contributed by atoms with van der Waals surface area (Å²) >= 11 is 5.81. The Morgan fingerprint density at radius 2 is 1.77 bits per heavy atom. The molecular formula is C18H15ClN4O6S. The van der Waals surface area contributed by atoms with Crippen LogP contribution in [0.4, 0.5) is 11.5 Å². The second-order valence-electron chi connectivity index (χ2n) is 5.84. The van der Waals surface area contributed by atoms with Crippen LogP contribution in [0.2, 0.25) is 5.02 Å². The van der Waals surface area contributed by atoms with Gasteiger partial charge in [-0.05, 0) is 42.0 Å². The van der Waals surface area contributed by atoms with Gasteiger partial charge in [-0.15, -0.1) is 0 Å². The Morgan fingerprint density at radius 3 is 2.37 bits per heavy atom. The summed E-state index contributed by atoms with van der Waals surface area (Å²) in [7, 11) is -4.03. The highest BCUT2D eigenvalue weighted by Crippen LogP contribution is 2.35. The Morgan fingerprint density at radius 1 is 1.10 bits per heavy atom. The fourth-order valence-corrected chi connectivity index (χ4v) is 3.66. The summed E-state index contributed by atoms with van der Waals surface area (Å²) in [4.78, 5) is 18.3.